The highest BCUT2D eigenvalue weighted by Crippen LogP contribution is 2.26. The summed E-state index contributed by atoms with van der Waals surface area (Å²) in [5.74, 6) is 0.228. The van der Waals surface area contributed by atoms with Gasteiger partial charge in [0.05, 0.1) is 0 Å². The molecule has 1 heterocycles. The zero-order valence-electron chi connectivity index (χ0n) is 9.90. The van der Waals surface area contributed by atoms with Gasteiger partial charge in [-0.05, 0) is 24.6 Å². The summed E-state index contributed by atoms with van der Waals surface area (Å²) >= 11 is 0. The zero-order valence-corrected chi connectivity index (χ0v) is 9.90. The highest BCUT2D eigenvalue weighted by Gasteiger charge is 2.06. The number of nitrogens with one attached hydrogen (secondary N) is 1. The van der Waals surface area contributed by atoms with Gasteiger partial charge in [-0.1, -0.05) is 12.1 Å². The number of benzene rings is 1. The Morgan fingerprint density at radius 3 is 2.88 bits per heavy atom. The second-order valence-corrected chi connectivity index (χ2v) is 4.06. The third-order valence-electron chi connectivity index (χ3n) is 2.70. The molecule has 0 saturated heterocycles. The van der Waals surface area contributed by atoms with Crippen molar-refractivity contribution >= 4 is 10.9 Å². The highest BCUT2D eigenvalue weighted by molar-refractivity contribution is 5.87. The van der Waals surface area contributed by atoms with Crippen molar-refractivity contribution in [3.63, 3.8) is 0 Å². The molecule has 1 aromatic carbocycles. The lowest BCUT2D eigenvalue weighted by Crippen LogP contribution is -2.21. The molecular formula is C13H17N3O. The van der Waals surface area contributed by atoms with E-state index in [1.54, 1.807) is 6.07 Å². The SMILES string of the molecule is Cc1ccc2c(CNCCN)ccc(O)c2n1. The van der Waals surface area contributed by atoms with Crippen LogP contribution in [-0.4, -0.2) is 23.2 Å². The summed E-state index contributed by atoms with van der Waals surface area (Å²) in [6.07, 6.45) is 0. The van der Waals surface area contributed by atoms with E-state index in [4.69, 9.17) is 5.73 Å². The van der Waals surface area contributed by atoms with Gasteiger partial charge in [0.15, 0.2) is 0 Å². The van der Waals surface area contributed by atoms with Crippen molar-refractivity contribution in [2.24, 2.45) is 5.73 Å². The first-order valence-electron chi connectivity index (χ1n) is 5.71. The van der Waals surface area contributed by atoms with Crippen LogP contribution in [-0.2, 0) is 6.54 Å². The van der Waals surface area contributed by atoms with Crippen LogP contribution in [0.25, 0.3) is 10.9 Å². The van der Waals surface area contributed by atoms with E-state index in [9.17, 15) is 5.11 Å². The number of pyridine rings is 1. The number of aryl methyl sites for hydroxylation is 1. The third-order valence-corrected chi connectivity index (χ3v) is 2.70. The van der Waals surface area contributed by atoms with Gasteiger partial charge in [0.1, 0.15) is 11.3 Å². The molecule has 0 aliphatic carbocycles. The van der Waals surface area contributed by atoms with Crippen LogP contribution in [0.1, 0.15) is 11.3 Å². The van der Waals surface area contributed by atoms with Crippen molar-refractivity contribution in [3.05, 3.63) is 35.5 Å². The summed E-state index contributed by atoms with van der Waals surface area (Å²) in [7, 11) is 0. The van der Waals surface area contributed by atoms with E-state index in [0.717, 1.165) is 29.7 Å². The Labute approximate surface area is 100 Å². The van der Waals surface area contributed by atoms with Crippen LogP contribution in [0.15, 0.2) is 24.3 Å². The van der Waals surface area contributed by atoms with Gasteiger partial charge in [-0.25, -0.2) is 4.98 Å². The first kappa shape index (κ1) is 11.8. The number of nitrogens with zero attached hydrogens (tertiary/aromatic N) is 1. The molecule has 0 unspecified atom stereocenters. The van der Waals surface area contributed by atoms with E-state index in [0.29, 0.717) is 12.1 Å². The van der Waals surface area contributed by atoms with Crippen LogP contribution in [0.3, 0.4) is 0 Å². The Hall–Kier alpha value is -1.65. The molecule has 0 bridgehead atoms. The maximum absolute atomic E-state index is 9.79. The molecule has 17 heavy (non-hydrogen) atoms. The standard InChI is InChI=1S/C13H17N3O/c1-9-2-4-11-10(8-15-7-6-14)3-5-12(17)13(11)16-9/h2-5,15,17H,6-8,14H2,1H3. The van der Waals surface area contributed by atoms with E-state index in [-0.39, 0.29) is 5.75 Å². The Morgan fingerprint density at radius 2 is 2.12 bits per heavy atom. The molecule has 2 aromatic rings. The molecule has 4 nitrogen and oxygen atoms in total. The fourth-order valence-corrected chi connectivity index (χ4v) is 1.84. The smallest absolute Gasteiger partial charge is 0.141 e. The average Bonchev–Trinajstić information content (AvgIpc) is 2.33. The lowest BCUT2D eigenvalue weighted by atomic mass is 10.1. The first-order valence-corrected chi connectivity index (χ1v) is 5.71. The summed E-state index contributed by atoms with van der Waals surface area (Å²) in [5.41, 5.74) is 8.12. The average molecular weight is 231 g/mol. The predicted octanol–water partition coefficient (Wildman–Crippen LogP) is 1.30. The Balaban J connectivity index is 2.40. The van der Waals surface area contributed by atoms with E-state index < -0.39 is 0 Å². The minimum absolute atomic E-state index is 0.228. The van der Waals surface area contributed by atoms with Gasteiger partial charge >= 0.3 is 0 Å². The normalized spacial score (nSPS) is 10.9. The predicted molar refractivity (Wildman–Crippen MR) is 68.9 cm³/mol. The van der Waals surface area contributed by atoms with E-state index in [1.165, 1.54) is 0 Å². The van der Waals surface area contributed by atoms with Crippen LogP contribution in [0.5, 0.6) is 5.75 Å². The van der Waals surface area contributed by atoms with Crippen molar-refractivity contribution in [1.82, 2.24) is 10.3 Å². The molecule has 0 radical (unpaired) electrons. The van der Waals surface area contributed by atoms with Crippen LogP contribution in [0.2, 0.25) is 0 Å². The van der Waals surface area contributed by atoms with Crippen LogP contribution in [0, 0.1) is 6.92 Å². The molecule has 2 rings (SSSR count). The second kappa shape index (κ2) is 5.12. The number of aromatic nitrogens is 1. The van der Waals surface area contributed by atoms with Crippen molar-refractivity contribution < 1.29 is 5.11 Å². The Kier molecular flexibility index (Phi) is 3.56. The molecule has 90 valence electrons. The van der Waals surface area contributed by atoms with Crippen LogP contribution in [0.4, 0.5) is 0 Å². The number of hydrogen-bond donors (Lipinski definition) is 3. The second-order valence-electron chi connectivity index (χ2n) is 4.06. The fraction of sp³-hybridized carbons (Fsp3) is 0.308. The monoisotopic (exact) mass is 231 g/mol. The minimum Gasteiger partial charge on any atom is -0.506 e. The molecule has 0 saturated carbocycles. The Morgan fingerprint density at radius 1 is 1.29 bits per heavy atom. The molecule has 4 N–H and O–H groups in total. The van der Waals surface area contributed by atoms with Crippen LogP contribution >= 0.6 is 0 Å². The molecule has 0 atom stereocenters. The number of fused-ring (bicyclic) bond motifs is 1. The van der Waals surface area contributed by atoms with E-state index >= 15 is 0 Å². The molecule has 4 heteroatoms. The highest BCUT2D eigenvalue weighted by atomic mass is 16.3. The topological polar surface area (TPSA) is 71.2 Å². The largest absolute Gasteiger partial charge is 0.506 e. The van der Waals surface area contributed by atoms with Crippen molar-refractivity contribution in [2.45, 2.75) is 13.5 Å². The number of hydrogen-bond acceptors (Lipinski definition) is 4. The lowest BCUT2D eigenvalue weighted by Gasteiger charge is -2.09. The first-order chi connectivity index (χ1) is 8.22. The maximum Gasteiger partial charge on any atom is 0.141 e. The van der Waals surface area contributed by atoms with Gasteiger partial charge in [0, 0.05) is 30.7 Å². The molecule has 0 aliphatic rings. The summed E-state index contributed by atoms with van der Waals surface area (Å²) in [4.78, 5) is 4.36. The van der Waals surface area contributed by atoms with Gasteiger partial charge in [-0.2, -0.15) is 0 Å². The lowest BCUT2D eigenvalue weighted by molar-refractivity contribution is 0.480. The number of phenolic OH excluding ortho intramolecular Hbond substituents is 1. The van der Waals surface area contributed by atoms with Gasteiger partial charge in [-0.15, -0.1) is 0 Å². The number of phenols is 1. The van der Waals surface area contributed by atoms with Gasteiger partial charge in [-0.3, -0.25) is 0 Å². The molecule has 1 aromatic heterocycles. The van der Waals surface area contributed by atoms with E-state index in [2.05, 4.69) is 10.3 Å². The van der Waals surface area contributed by atoms with Crippen LogP contribution < -0.4 is 11.1 Å². The molecular weight excluding hydrogens is 214 g/mol. The van der Waals surface area contributed by atoms with Crippen molar-refractivity contribution in [2.75, 3.05) is 13.1 Å². The summed E-state index contributed by atoms with van der Waals surface area (Å²) < 4.78 is 0. The summed E-state index contributed by atoms with van der Waals surface area (Å²) in [5, 5.41) is 14.0. The van der Waals surface area contributed by atoms with Gasteiger partial charge in [0.25, 0.3) is 0 Å². The quantitative estimate of drug-likeness (QED) is 0.694. The Bertz CT molecular complexity index is 525. The third kappa shape index (κ3) is 2.54. The molecule has 0 fully saturated rings. The van der Waals surface area contributed by atoms with Gasteiger partial charge < -0.3 is 16.2 Å². The summed E-state index contributed by atoms with van der Waals surface area (Å²) in [6, 6.07) is 7.55. The van der Waals surface area contributed by atoms with E-state index in [1.807, 2.05) is 25.1 Å². The van der Waals surface area contributed by atoms with Gasteiger partial charge in [0.2, 0.25) is 0 Å². The fourth-order valence-electron chi connectivity index (χ4n) is 1.84. The molecule has 0 amide bonds. The van der Waals surface area contributed by atoms with Crippen molar-refractivity contribution in [1.29, 1.82) is 0 Å². The maximum atomic E-state index is 9.79. The number of nitrogens with two attached hydrogens (primary N) is 1. The number of aromatic hydroxyl groups is 1. The number of rotatable bonds is 4. The minimum atomic E-state index is 0.228. The van der Waals surface area contributed by atoms with Crippen molar-refractivity contribution in [3.8, 4) is 5.75 Å². The molecule has 0 aliphatic heterocycles. The zero-order chi connectivity index (χ0) is 12.3. The summed E-state index contributed by atoms with van der Waals surface area (Å²) in [6.45, 7) is 4.05. The molecule has 0 spiro atoms.